The van der Waals surface area contributed by atoms with Crippen LogP contribution >= 0.6 is 23.1 Å². The van der Waals surface area contributed by atoms with Crippen LogP contribution < -0.4 is 5.32 Å². The number of hydrogen-bond donors (Lipinski definition) is 2. The molecule has 6 heteroatoms. The van der Waals surface area contributed by atoms with E-state index in [9.17, 15) is 4.79 Å². The summed E-state index contributed by atoms with van der Waals surface area (Å²) in [5.41, 5.74) is 0.160. The topological polar surface area (TPSA) is 62.2 Å². The molecule has 0 bridgehead atoms. The Kier molecular flexibility index (Phi) is 4.90. The molecule has 0 aromatic carbocycles. The molecule has 0 aliphatic heterocycles. The van der Waals surface area contributed by atoms with Crippen LogP contribution in [0.4, 0.5) is 5.13 Å². The van der Waals surface area contributed by atoms with E-state index in [0.29, 0.717) is 5.13 Å². The van der Waals surface area contributed by atoms with E-state index in [4.69, 9.17) is 5.11 Å². The molecule has 1 aromatic heterocycles. The van der Waals surface area contributed by atoms with E-state index in [-0.39, 0.29) is 5.69 Å². The van der Waals surface area contributed by atoms with Gasteiger partial charge in [0.25, 0.3) is 0 Å². The largest absolute Gasteiger partial charge is 0.476 e. The Bertz CT molecular complexity index is 339. The van der Waals surface area contributed by atoms with Gasteiger partial charge in [-0.25, -0.2) is 9.78 Å². The predicted octanol–water partition coefficient (Wildman–Crippen LogP) is 2.31. The first kappa shape index (κ1) is 12.3. The number of carboxylic acid groups (broad SMARTS) is 1. The van der Waals surface area contributed by atoms with Crippen molar-refractivity contribution in [2.24, 2.45) is 0 Å². The van der Waals surface area contributed by atoms with E-state index in [2.05, 4.69) is 16.6 Å². The van der Waals surface area contributed by atoms with Gasteiger partial charge >= 0.3 is 5.97 Å². The zero-order valence-electron chi connectivity index (χ0n) is 8.74. The van der Waals surface area contributed by atoms with Crippen molar-refractivity contribution in [3.63, 3.8) is 0 Å². The smallest absolute Gasteiger partial charge is 0.355 e. The van der Waals surface area contributed by atoms with Crippen molar-refractivity contribution >= 4 is 34.2 Å². The van der Waals surface area contributed by atoms with E-state index in [1.807, 2.05) is 0 Å². The van der Waals surface area contributed by atoms with Crippen molar-refractivity contribution < 1.29 is 9.90 Å². The normalized spacial score (nSPS) is 10.3. The van der Waals surface area contributed by atoms with E-state index in [1.54, 1.807) is 18.7 Å². The van der Waals surface area contributed by atoms with Gasteiger partial charge in [-0.15, -0.1) is 11.3 Å². The first-order valence-electron chi connectivity index (χ1n) is 4.58. The summed E-state index contributed by atoms with van der Waals surface area (Å²) in [6, 6.07) is 0. The maximum Gasteiger partial charge on any atom is 0.355 e. The van der Waals surface area contributed by atoms with Crippen molar-refractivity contribution in [1.29, 1.82) is 0 Å². The number of nitrogens with one attached hydrogen (secondary N) is 1. The summed E-state index contributed by atoms with van der Waals surface area (Å²) in [5.74, 6) is 0.143. The molecular formula is C9H14N2O2S2. The number of rotatable bonds is 6. The van der Waals surface area contributed by atoms with Gasteiger partial charge in [0.1, 0.15) is 0 Å². The summed E-state index contributed by atoms with van der Waals surface area (Å²) >= 11 is 3.19. The highest BCUT2D eigenvalue weighted by molar-refractivity contribution is 7.98. The molecule has 4 nitrogen and oxygen atoms in total. The highest BCUT2D eigenvalue weighted by Gasteiger charge is 2.13. The second-order valence-electron chi connectivity index (χ2n) is 3.00. The molecule has 0 atom stereocenters. The number of thioether (sulfide) groups is 1. The Morgan fingerprint density at radius 3 is 2.93 bits per heavy atom. The number of aryl methyl sites for hydroxylation is 1. The molecular weight excluding hydrogens is 232 g/mol. The van der Waals surface area contributed by atoms with E-state index in [0.717, 1.165) is 23.6 Å². The summed E-state index contributed by atoms with van der Waals surface area (Å²) in [6.45, 7) is 2.61. The Balaban J connectivity index is 2.48. The van der Waals surface area contributed by atoms with E-state index in [1.165, 1.54) is 11.3 Å². The molecule has 0 amide bonds. The van der Waals surface area contributed by atoms with Gasteiger partial charge in [-0.2, -0.15) is 11.8 Å². The summed E-state index contributed by atoms with van der Waals surface area (Å²) in [6.07, 6.45) is 3.12. The van der Waals surface area contributed by atoms with Crippen LogP contribution in [0.25, 0.3) is 0 Å². The van der Waals surface area contributed by atoms with Gasteiger partial charge in [-0.05, 0) is 25.4 Å². The molecule has 0 radical (unpaired) electrons. The van der Waals surface area contributed by atoms with Gasteiger partial charge in [0.2, 0.25) is 0 Å². The molecule has 15 heavy (non-hydrogen) atoms. The van der Waals surface area contributed by atoms with Gasteiger partial charge in [0.15, 0.2) is 10.8 Å². The van der Waals surface area contributed by atoms with Gasteiger partial charge in [0.05, 0.1) is 0 Å². The number of thiazole rings is 1. The van der Waals surface area contributed by atoms with Crippen molar-refractivity contribution in [1.82, 2.24) is 4.98 Å². The Morgan fingerprint density at radius 1 is 1.67 bits per heavy atom. The average Bonchev–Trinajstić information content (AvgIpc) is 2.55. The number of carboxylic acids is 1. The molecule has 1 rings (SSSR count). The fourth-order valence-corrected chi connectivity index (χ4v) is 2.35. The van der Waals surface area contributed by atoms with Gasteiger partial charge in [-0.3, -0.25) is 0 Å². The number of aromatic carboxylic acids is 1. The third-order valence-electron chi connectivity index (χ3n) is 1.80. The summed E-state index contributed by atoms with van der Waals surface area (Å²) in [4.78, 5) is 15.5. The first-order valence-corrected chi connectivity index (χ1v) is 6.79. The summed E-state index contributed by atoms with van der Waals surface area (Å²) in [7, 11) is 0. The lowest BCUT2D eigenvalue weighted by Gasteiger charge is -1.99. The number of nitrogens with zero attached hydrogens (tertiary/aromatic N) is 1. The van der Waals surface area contributed by atoms with Crippen LogP contribution in [0.5, 0.6) is 0 Å². The minimum absolute atomic E-state index is 0.160. The van der Waals surface area contributed by atoms with E-state index >= 15 is 0 Å². The number of hydrogen-bond acceptors (Lipinski definition) is 5. The van der Waals surface area contributed by atoms with Crippen LogP contribution in [0.2, 0.25) is 0 Å². The molecule has 0 aliphatic rings. The van der Waals surface area contributed by atoms with Gasteiger partial charge < -0.3 is 10.4 Å². The fraction of sp³-hybridized carbons (Fsp3) is 0.556. The Morgan fingerprint density at radius 2 is 2.40 bits per heavy atom. The zero-order chi connectivity index (χ0) is 11.3. The van der Waals surface area contributed by atoms with Crippen LogP contribution in [0, 0.1) is 6.92 Å². The van der Waals surface area contributed by atoms with Crippen LogP contribution in [0.15, 0.2) is 0 Å². The molecule has 1 aromatic rings. The first-order chi connectivity index (χ1) is 7.15. The minimum atomic E-state index is -0.957. The molecule has 0 spiro atoms. The second kappa shape index (κ2) is 5.97. The molecule has 1 heterocycles. The number of anilines is 1. The fourth-order valence-electron chi connectivity index (χ4n) is 1.08. The Labute approximate surface area is 97.1 Å². The van der Waals surface area contributed by atoms with Crippen LogP contribution in [-0.2, 0) is 0 Å². The lowest BCUT2D eigenvalue weighted by atomic mass is 10.4. The van der Waals surface area contributed by atoms with Crippen molar-refractivity contribution in [2.75, 3.05) is 23.9 Å². The van der Waals surface area contributed by atoms with Gasteiger partial charge in [-0.1, -0.05) is 0 Å². The maximum absolute atomic E-state index is 10.7. The standard InChI is InChI=1S/C9H14N2O2S2/c1-6-7(8(12)13)11-9(15-6)10-4-3-5-14-2/h3-5H2,1-2H3,(H,10,11)(H,12,13). The monoisotopic (exact) mass is 246 g/mol. The average molecular weight is 246 g/mol. The molecule has 0 aliphatic carbocycles. The molecule has 84 valence electrons. The molecule has 0 saturated heterocycles. The van der Waals surface area contributed by atoms with Gasteiger partial charge in [0, 0.05) is 11.4 Å². The van der Waals surface area contributed by atoms with Crippen LogP contribution in [-0.4, -0.2) is 34.6 Å². The maximum atomic E-state index is 10.7. The third kappa shape index (κ3) is 3.71. The summed E-state index contributed by atoms with van der Waals surface area (Å²) in [5, 5.41) is 12.6. The molecule has 0 unspecified atom stereocenters. The highest BCUT2D eigenvalue weighted by Crippen LogP contribution is 2.21. The third-order valence-corrected chi connectivity index (χ3v) is 3.43. The number of carbonyl (C=O) groups is 1. The molecule has 0 saturated carbocycles. The predicted molar refractivity (Wildman–Crippen MR) is 65.3 cm³/mol. The van der Waals surface area contributed by atoms with Crippen molar-refractivity contribution in [2.45, 2.75) is 13.3 Å². The zero-order valence-corrected chi connectivity index (χ0v) is 10.4. The molecule has 0 fully saturated rings. The van der Waals surface area contributed by atoms with Crippen LogP contribution in [0.3, 0.4) is 0 Å². The second-order valence-corrected chi connectivity index (χ2v) is 5.19. The lowest BCUT2D eigenvalue weighted by Crippen LogP contribution is -2.03. The summed E-state index contributed by atoms with van der Waals surface area (Å²) < 4.78 is 0. The highest BCUT2D eigenvalue weighted by atomic mass is 32.2. The lowest BCUT2D eigenvalue weighted by molar-refractivity contribution is 0.0690. The minimum Gasteiger partial charge on any atom is -0.476 e. The number of aromatic nitrogens is 1. The molecule has 2 N–H and O–H groups in total. The van der Waals surface area contributed by atoms with E-state index < -0.39 is 5.97 Å². The van der Waals surface area contributed by atoms with Crippen molar-refractivity contribution in [3.8, 4) is 0 Å². The SMILES string of the molecule is CSCCCNc1nc(C(=O)O)c(C)s1. The van der Waals surface area contributed by atoms with Crippen molar-refractivity contribution in [3.05, 3.63) is 10.6 Å². The van der Waals surface area contributed by atoms with Crippen LogP contribution in [0.1, 0.15) is 21.8 Å². The quantitative estimate of drug-likeness (QED) is 0.754. The Hall–Kier alpha value is -0.750.